The molecule has 0 spiro atoms. The first-order valence-electron chi connectivity index (χ1n) is 10.0. The van der Waals surface area contributed by atoms with E-state index in [1.54, 1.807) is 0 Å². The number of likely N-dealkylation sites (N-methyl/N-ethyl adjacent to an activating group) is 1. The maximum absolute atomic E-state index is 4.82. The number of hydrogen-bond acceptors (Lipinski definition) is 3. The Labute approximate surface area is 173 Å². The van der Waals surface area contributed by atoms with Crippen LogP contribution < -0.4 is 10.6 Å². The van der Waals surface area contributed by atoms with Crippen molar-refractivity contribution in [3.63, 3.8) is 0 Å². The smallest absolute Gasteiger partial charge is 0.191 e. The number of hydrogen-bond donors (Lipinski definition) is 2. The molecule has 5 nitrogen and oxygen atoms in total. The van der Waals surface area contributed by atoms with Gasteiger partial charge < -0.3 is 10.6 Å². The van der Waals surface area contributed by atoms with Crippen molar-refractivity contribution in [3.8, 4) is 0 Å². The molecule has 2 N–H and O–H groups in total. The second kappa shape index (κ2) is 14.0. The first-order chi connectivity index (χ1) is 11.5. The van der Waals surface area contributed by atoms with Gasteiger partial charge in [-0.15, -0.1) is 24.0 Å². The van der Waals surface area contributed by atoms with E-state index in [0.717, 1.165) is 45.1 Å². The van der Waals surface area contributed by atoms with Crippen molar-refractivity contribution in [2.45, 2.75) is 78.9 Å². The van der Waals surface area contributed by atoms with Gasteiger partial charge in [0.15, 0.2) is 5.96 Å². The van der Waals surface area contributed by atoms with E-state index >= 15 is 0 Å². The molecule has 1 saturated heterocycles. The quantitative estimate of drug-likeness (QED) is 0.224. The number of nitrogens with zero attached hydrogens (tertiary/aromatic N) is 3. The van der Waals surface area contributed by atoms with E-state index in [1.165, 1.54) is 19.4 Å². The largest absolute Gasteiger partial charge is 0.357 e. The van der Waals surface area contributed by atoms with E-state index in [0.29, 0.717) is 18.1 Å². The maximum Gasteiger partial charge on any atom is 0.191 e. The molecule has 1 rings (SSSR count). The number of guanidine groups is 1. The van der Waals surface area contributed by atoms with E-state index < -0.39 is 0 Å². The van der Waals surface area contributed by atoms with Crippen molar-refractivity contribution in [1.29, 1.82) is 0 Å². The van der Waals surface area contributed by atoms with Crippen LogP contribution in [0.1, 0.15) is 60.8 Å². The lowest BCUT2D eigenvalue weighted by atomic mass is 10.2. The lowest BCUT2D eigenvalue weighted by molar-refractivity contribution is 0.173. The van der Waals surface area contributed by atoms with Crippen LogP contribution in [0.15, 0.2) is 4.99 Å². The fraction of sp³-hybridized carbons (Fsp3) is 0.947. The van der Waals surface area contributed by atoms with Crippen LogP contribution in [0.2, 0.25) is 0 Å². The summed E-state index contributed by atoms with van der Waals surface area (Å²) < 4.78 is 0. The highest BCUT2D eigenvalue weighted by Gasteiger charge is 2.22. The van der Waals surface area contributed by atoms with Crippen LogP contribution in [0.3, 0.4) is 0 Å². The van der Waals surface area contributed by atoms with Crippen LogP contribution in [0.25, 0.3) is 0 Å². The highest BCUT2D eigenvalue weighted by atomic mass is 127. The monoisotopic (exact) mass is 467 g/mol. The Morgan fingerprint density at radius 3 is 2.40 bits per heavy atom. The third-order valence-corrected chi connectivity index (χ3v) is 4.92. The molecule has 0 aromatic heterocycles. The Morgan fingerprint density at radius 1 is 1.16 bits per heavy atom. The molecule has 1 aliphatic rings. The summed E-state index contributed by atoms with van der Waals surface area (Å²) in [6.45, 7) is 19.8. The molecule has 1 fully saturated rings. The van der Waals surface area contributed by atoms with Gasteiger partial charge in [0.1, 0.15) is 0 Å². The molecule has 0 saturated carbocycles. The van der Waals surface area contributed by atoms with Gasteiger partial charge >= 0.3 is 0 Å². The van der Waals surface area contributed by atoms with Gasteiger partial charge in [-0.1, -0.05) is 6.92 Å². The zero-order chi connectivity index (χ0) is 17.9. The second-order valence-corrected chi connectivity index (χ2v) is 7.35. The average molecular weight is 467 g/mol. The lowest BCUT2D eigenvalue weighted by Gasteiger charge is -2.30. The highest BCUT2D eigenvalue weighted by Crippen LogP contribution is 2.16. The van der Waals surface area contributed by atoms with Gasteiger partial charge in [-0.25, -0.2) is 0 Å². The summed E-state index contributed by atoms with van der Waals surface area (Å²) in [5, 5.41) is 6.88. The minimum Gasteiger partial charge on any atom is -0.357 e. The van der Waals surface area contributed by atoms with Crippen LogP contribution >= 0.6 is 24.0 Å². The van der Waals surface area contributed by atoms with E-state index in [2.05, 4.69) is 62.0 Å². The Hall–Kier alpha value is -0.0800. The summed E-state index contributed by atoms with van der Waals surface area (Å²) >= 11 is 0. The predicted molar refractivity (Wildman–Crippen MR) is 121 cm³/mol. The van der Waals surface area contributed by atoms with Crippen LogP contribution in [0.4, 0.5) is 0 Å². The Balaban J connectivity index is 0.00000576. The molecule has 1 heterocycles. The molecule has 25 heavy (non-hydrogen) atoms. The molecular weight excluding hydrogens is 425 g/mol. The number of likely N-dealkylation sites (tertiary alicyclic amines) is 1. The molecule has 0 aromatic rings. The third kappa shape index (κ3) is 9.43. The molecule has 1 aliphatic heterocycles. The second-order valence-electron chi connectivity index (χ2n) is 7.35. The molecular formula is C19H42IN5. The minimum atomic E-state index is 0. The summed E-state index contributed by atoms with van der Waals surface area (Å²) in [6.07, 6.45) is 3.75. The average Bonchev–Trinajstić information content (AvgIpc) is 2.98. The minimum absolute atomic E-state index is 0. The summed E-state index contributed by atoms with van der Waals surface area (Å²) in [7, 11) is 0. The van der Waals surface area contributed by atoms with Crippen LogP contribution in [-0.2, 0) is 0 Å². The van der Waals surface area contributed by atoms with Gasteiger partial charge in [0, 0.05) is 37.8 Å². The fourth-order valence-electron chi connectivity index (χ4n) is 3.64. The Bertz CT molecular complexity index is 352. The van der Waals surface area contributed by atoms with Gasteiger partial charge in [0.05, 0.1) is 6.54 Å². The van der Waals surface area contributed by atoms with E-state index in [-0.39, 0.29) is 24.0 Å². The third-order valence-electron chi connectivity index (χ3n) is 4.92. The Morgan fingerprint density at radius 2 is 1.84 bits per heavy atom. The van der Waals surface area contributed by atoms with Gasteiger partial charge in [-0.2, -0.15) is 0 Å². The number of halogens is 1. The SMILES string of the molecule is CCNC(=NCC1CCCN1CC)NCCCN(C(C)C)C(C)C.I. The van der Waals surface area contributed by atoms with Gasteiger partial charge in [-0.3, -0.25) is 14.8 Å². The topological polar surface area (TPSA) is 42.9 Å². The summed E-state index contributed by atoms with van der Waals surface area (Å²) in [6, 6.07) is 1.84. The molecule has 150 valence electrons. The molecule has 0 bridgehead atoms. The van der Waals surface area contributed by atoms with Crippen molar-refractivity contribution in [2.75, 3.05) is 39.3 Å². The fourth-order valence-corrected chi connectivity index (χ4v) is 3.64. The maximum atomic E-state index is 4.82. The van der Waals surface area contributed by atoms with E-state index in [1.807, 2.05) is 0 Å². The van der Waals surface area contributed by atoms with Crippen LogP contribution in [0, 0.1) is 0 Å². The van der Waals surface area contributed by atoms with Crippen molar-refractivity contribution in [1.82, 2.24) is 20.4 Å². The molecule has 0 radical (unpaired) electrons. The summed E-state index contributed by atoms with van der Waals surface area (Å²) in [5.41, 5.74) is 0. The van der Waals surface area contributed by atoms with Crippen LogP contribution in [0.5, 0.6) is 0 Å². The van der Waals surface area contributed by atoms with Gasteiger partial charge in [0.2, 0.25) is 0 Å². The lowest BCUT2D eigenvalue weighted by Crippen LogP contribution is -2.42. The summed E-state index contributed by atoms with van der Waals surface area (Å²) in [4.78, 5) is 9.92. The predicted octanol–water partition coefficient (Wildman–Crippen LogP) is 3.15. The first kappa shape index (κ1) is 24.9. The molecule has 1 unspecified atom stereocenters. The first-order valence-corrected chi connectivity index (χ1v) is 10.0. The van der Waals surface area contributed by atoms with E-state index in [9.17, 15) is 0 Å². The van der Waals surface area contributed by atoms with E-state index in [4.69, 9.17) is 4.99 Å². The molecule has 1 atom stereocenters. The number of rotatable bonds is 10. The van der Waals surface area contributed by atoms with Crippen molar-refractivity contribution in [3.05, 3.63) is 0 Å². The van der Waals surface area contributed by atoms with Gasteiger partial charge in [0.25, 0.3) is 0 Å². The summed E-state index contributed by atoms with van der Waals surface area (Å²) in [5.74, 6) is 0.973. The molecule has 6 heteroatoms. The zero-order valence-corrected chi connectivity index (χ0v) is 19.7. The number of aliphatic imine (C=N–C) groups is 1. The van der Waals surface area contributed by atoms with Crippen molar-refractivity contribution in [2.24, 2.45) is 4.99 Å². The molecule has 0 amide bonds. The highest BCUT2D eigenvalue weighted by molar-refractivity contribution is 14.0. The normalized spacial score (nSPS) is 18.9. The van der Waals surface area contributed by atoms with Crippen molar-refractivity contribution >= 4 is 29.9 Å². The molecule has 0 aromatic carbocycles. The van der Waals surface area contributed by atoms with Crippen molar-refractivity contribution < 1.29 is 0 Å². The Kier molecular flexibility index (Phi) is 14.0. The van der Waals surface area contributed by atoms with Gasteiger partial charge in [-0.05, 0) is 67.0 Å². The molecule has 0 aliphatic carbocycles. The standard InChI is InChI=1S/C19H41N5.HI/c1-7-20-19(22-15-18-11-9-13-23(18)8-2)21-12-10-14-24(16(3)4)17(5)6;/h16-18H,7-15H2,1-6H3,(H2,20,21,22);1H. The van der Waals surface area contributed by atoms with Crippen LogP contribution in [-0.4, -0.2) is 73.2 Å². The zero-order valence-electron chi connectivity index (χ0n) is 17.3. The number of nitrogens with one attached hydrogen (secondary N) is 2.